The largest absolute Gasteiger partial charge is 0.346 e. The van der Waals surface area contributed by atoms with Crippen molar-refractivity contribution in [3.8, 4) is 0 Å². The lowest BCUT2D eigenvalue weighted by Crippen LogP contribution is -2.39. The Bertz CT molecular complexity index is 730. The first kappa shape index (κ1) is 19.3. The Labute approximate surface area is 155 Å². The maximum Gasteiger partial charge on any atom is 0.223 e. The molecule has 0 aromatic carbocycles. The molecule has 0 bridgehead atoms. The molecule has 8 nitrogen and oxygen atoms in total. The summed E-state index contributed by atoms with van der Waals surface area (Å²) in [7, 11) is -2.97. The second kappa shape index (κ2) is 8.04. The molecule has 2 N–H and O–H groups in total. The molecule has 1 aromatic heterocycles. The van der Waals surface area contributed by atoms with Crippen molar-refractivity contribution in [1.29, 1.82) is 0 Å². The van der Waals surface area contributed by atoms with Crippen LogP contribution in [0.15, 0.2) is 0 Å². The zero-order valence-corrected chi connectivity index (χ0v) is 16.4. The van der Waals surface area contributed by atoms with Crippen LogP contribution in [-0.2, 0) is 27.6 Å². The van der Waals surface area contributed by atoms with Crippen molar-refractivity contribution in [2.24, 2.45) is 11.8 Å². The Hall–Kier alpha value is -1.48. The van der Waals surface area contributed by atoms with Crippen molar-refractivity contribution >= 4 is 15.7 Å². The SMILES string of the molecule is CC(C)CC(NC(=O)C1CCS(=O)(=O)CC1)c1nnc2n1CCNCC2. The highest BCUT2D eigenvalue weighted by Gasteiger charge is 2.31. The van der Waals surface area contributed by atoms with E-state index in [4.69, 9.17) is 0 Å². The van der Waals surface area contributed by atoms with Crippen LogP contribution in [0.3, 0.4) is 0 Å². The Kier molecular flexibility index (Phi) is 5.96. The van der Waals surface area contributed by atoms with Gasteiger partial charge >= 0.3 is 0 Å². The van der Waals surface area contributed by atoms with Gasteiger partial charge in [0.25, 0.3) is 0 Å². The summed E-state index contributed by atoms with van der Waals surface area (Å²) in [5.74, 6) is 2.07. The molecule has 9 heteroatoms. The van der Waals surface area contributed by atoms with Gasteiger partial charge in [-0.3, -0.25) is 4.79 Å². The standard InChI is InChI=1S/C17H29N5O3S/c1-12(2)11-14(16-21-20-15-3-6-18-7-8-22(15)16)19-17(23)13-4-9-26(24,25)10-5-13/h12-14,18H,3-11H2,1-2H3,(H,19,23). The van der Waals surface area contributed by atoms with Gasteiger partial charge in [0.15, 0.2) is 5.82 Å². The smallest absolute Gasteiger partial charge is 0.223 e. The van der Waals surface area contributed by atoms with Crippen molar-refractivity contribution in [3.05, 3.63) is 11.6 Å². The van der Waals surface area contributed by atoms with Gasteiger partial charge in [0, 0.05) is 32.0 Å². The first-order valence-electron chi connectivity index (χ1n) is 9.49. The van der Waals surface area contributed by atoms with Crippen molar-refractivity contribution in [1.82, 2.24) is 25.4 Å². The first-order valence-corrected chi connectivity index (χ1v) is 11.3. The van der Waals surface area contributed by atoms with Crippen LogP contribution in [-0.4, -0.2) is 53.7 Å². The monoisotopic (exact) mass is 383 g/mol. The predicted molar refractivity (Wildman–Crippen MR) is 98.3 cm³/mol. The number of nitrogens with one attached hydrogen (secondary N) is 2. The number of carbonyl (C=O) groups excluding carboxylic acids is 1. The number of amides is 1. The van der Waals surface area contributed by atoms with Crippen LogP contribution in [0.2, 0.25) is 0 Å². The molecule has 1 unspecified atom stereocenters. The average molecular weight is 384 g/mol. The second-order valence-electron chi connectivity index (χ2n) is 7.74. The van der Waals surface area contributed by atoms with Gasteiger partial charge < -0.3 is 15.2 Å². The summed E-state index contributed by atoms with van der Waals surface area (Å²) in [5, 5.41) is 15.2. The predicted octanol–water partition coefficient (Wildman–Crippen LogP) is 0.452. The van der Waals surface area contributed by atoms with Gasteiger partial charge in [0.2, 0.25) is 5.91 Å². The summed E-state index contributed by atoms with van der Waals surface area (Å²) in [5.41, 5.74) is 0. The normalized spacial score (nSPS) is 21.8. The lowest BCUT2D eigenvalue weighted by molar-refractivity contribution is -0.126. The van der Waals surface area contributed by atoms with Crippen LogP contribution in [0.4, 0.5) is 0 Å². The lowest BCUT2D eigenvalue weighted by atomic mass is 9.99. The zero-order valence-electron chi connectivity index (χ0n) is 15.6. The zero-order chi connectivity index (χ0) is 18.7. The van der Waals surface area contributed by atoms with Crippen molar-refractivity contribution in [3.63, 3.8) is 0 Å². The molecule has 26 heavy (non-hydrogen) atoms. The fourth-order valence-electron chi connectivity index (χ4n) is 3.69. The van der Waals surface area contributed by atoms with Gasteiger partial charge in [-0.15, -0.1) is 10.2 Å². The van der Waals surface area contributed by atoms with E-state index < -0.39 is 9.84 Å². The van der Waals surface area contributed by atoms with E-state index in [1.165, 1.54) is 0 Å². The number of hydrogen-bond donors (Lipinski definition) is 2. The minimum Gasteiger partial charge on any atom is -0.346 e. The Morgan fingerprint density at radius 1 is 1.27 bits per heavy atom. The molecule has 3 heterocycles. The van der Waals surface area contributed by atoms with E-state index in [0.29, 0.717) is 18.8 Å². The molecular weight excluding hydrogens is 354 g/mol. The number of nitrogens with zero attached hydrogens (tertiary/aromatic N) is 3. The summed E-state index contributed by atoms with van der Waals surface area (Å²) in [6.45, 7) is 6.78. The molecule has 0 radical (unpaired) electrons. The maximum absolute atomic E-state index is 12.8. The molecule has 0 spiro atoms. The quantitative estimate of drug-likeness (QED) is 0.765. The minimum atomic E-state index is -2.97. The van der Waals surface area contributed by atoms with E-state index >= 15 is 0 Å². The van der Waals surface area contributed by atoms with E-state index in [-0.39, 0.29) is 29.4 Å². The molecule has 1 saturated heterocycles. The average Bonchev–Trinajstić information content (AvgIpc) is 2.82. The summed E-state index contributed by atoms with van der Waals surface area (Å²) < 4.78 is 25.3. The summed E-state index contributed by atoms with van der Waals surface area (Å²) in [4.78, 5) is 12.8. The molecule has 1 fully saturated rings. The van der Waals surface area contributed by atoms with Crippen molar-refractivity contribution in [2.45, 2.75) is 52.1 Å². The maximum atomic E-state index is 12.8. The summed E-state index contributed by atoms with van der Waals surface area (Å²) >= 11 is 0. The van der Waals surface area contributed by atoms with E-state index in [1.807, 2.05) is 0 Å². The Morgan fingerprint density at radius 3 is 2.69 bits per heavy atom. The molecule has 1 amide bonds. The van der Waals surface area contributed by atoms with Crippen molar-refractivity contribution in [2.75, 3.05) is 24.6 Å². The topological polar surface area (TPSA) is 106 Å². The number of carbonyl (C=O) groups is 1. The van der Waals surface area contributed by atoms with E-state index in [1.54, 1.807) is 0 Å². The molecule has 2 aliphatic heterocycles. The van der Waals surface area contributed by atoms with Crippen molar-refractivity contribution < 1.29 is 13.2 Å². The third kappa shape index (κ3) is 4.62. The summed E-state index contributed by atoms with van der Waals surface area (Å²) in [6.07, 6.45) is 2.42. The van der Waals surface area contributed by atoms with Crippen LogP contribution in [0, 0.1) is 11.8 Å². The third-order valence-electron chi connectivity index (χ3n) is 5.15. The molecular formula is C17H29N5O3S. The van der Waals surface area contributed by atoms with Crippen LogP contribution in [0.25, 0.3) is 0 Å². The highest BCUT2D eigenvalue weighted by atomic mass is 32.2. The number of aromatic nitrogens is 3. The first-order chi connectivity index (χ1) is 12.4. The van der Waals surface area contributed by atoms with Gasteiger partial charge in [-0.1, -0.05) is 13.8 Å². The fraction of sp³-hybridized carbons (Fsp3) is 0.824. The molecule has 3 rings (SSSR count). The van der Waals surface area contributed by atoms with Gasteiger partial charge in [-0.25, -0.2) is 8.42 Å². The number of rotatable bonds is 5. The molecule has 0 saturated carbocycles. The molecule has 0 aliphatic carbocycles. The van der Waals surface area contributed by atoms with Gasteiger partial charge in [-0.05, 0) is 25.2 Å². The van der Waals surface area contributed by atoms with Gasteiger partial charge in [0.1, 0.15) is 15.7 Å². The number of hydrogen-bond acceptors (Lipinski definition) is 6. The third-order valence-corrected chi connectivity index (χ3v) is 6.87. The van der Waals surface area contributed by atoms with E-state index in [0.717, 1.165) is 44.1 Å². The lowest BCUT2D eigenvalue weighted by Gasteiger charge is -2.26. The highest BCUT2D eigenvalue weighted by Crippen LogP contribution is 2.24. The Balaban J connectivity index is 1.75. The molecule has 2 aliphatic rings. The van der Waals surface area contributed by atoms with Crippen LogP contribution in [0.1, 0.15) is 50.8 Å². The number of sulfone groups is 1. The second-order valence-corrected chi connectivity index (χ2v) is 10.0. The van der Waals surface area contributed by atoms with E-state index in [9.17, 15) is 13.2 Å². The van der Waals surface area contributed by atoms with Gasteiger partial charge in [-0.2, -0.15) is 0 Å². The summed E-state index contributed by atoms with van der Waals surface area (Å²) in [6, 6.07) is -0.194. The van der Waals surface area contributed by atoms with Crippen LogP contribution < -0.4 is 10.6 Å². The van der Waals surface area contributed by atoms with Gasteiger partial charge in [0.05, 0.1) is 17.5 Å². The van der Waals surface area contributed by atoms with Crippen LogP contribution in [0.5, 0.6) is 0 Å². The number of fused-ring (bicyclic) bond motifs is 1. The molecule has 146 valence electrons. The van der Waals surface area contributed by atoms with Crippen LogP contribution >= 0.6 is 0 Å². The van der Waals surface area contributed by atoms with E-state index in [2.05, 4.69) is 39.2 Å². The molecule has 1 atom stereocenters. The Morgan fingerprint density at radius 2 is 2.00 bits per heavy atom. The fourth-order valence-corrected chi connectivity index (χ4v) is 5.19. The highest BCUT2D eigenvalue weighted by molar-refractivity contribution is 7.91. The minimum absolute atomic E-state index is 0.0605. The molecule has 1 aromatic rings.